The fraction of sp³-hybridized carbons (Fsp3) is 0.569. The van der Waals surface area contributed by atoms with Crippen LogP contribution in [0.15, 0.2) is 54.7 Å². The minimum Gasteiger partial charge on any atom is -0.362 e. The molecular weight excluding hydrogens is 1080 g/mol. The van der Waals surface area contributed by atoms with Crippen molar-refractivity contribution in [3.05, 3.63) is 65.9 Å². The van der Waals surface area contributed by atoms with Crippen LogP contribution in [0, 0.1) is 80.8 Å². The largest absolute Gasteiger partial charge is 0.470 e. The first-order chi connectivity index (χ1) is 37.7. The molecule has 2 saturated carbocycles. The fourth-order valence-corrected chi connectivity index (χ4v) is 10.9. The van der Waals surface area contributed by atoms with Gasteiger partial charge in [0.2, 0.25) is 29.3 Å². The number of hydrogen-bond donors (Lipinski definition) is 6. The van der Waals surface area contributed by atoms with Crippen molar-refractivity contribution < 1.29 is 64.3 Å². The quantitative estimate of drug-likeness (QED) is 0.0844. The molecule has 24 heteroatoms. The first kappa shape index (κ1) is 68.6. The van der Waals surface area contributed by atoms with Crippen LogP contribution >= 0.6 is 0 Å². The number of carbonyl (C=O) groups is 7. The zero-order valence-electron chi connectivity index (χ0n) is 48.2. The summed E-state index contributed by atoms with van der Waals surface area (Å²) < 4.78 is 80.0. The van der Waals surface area contributed by atoms with Gasteiger partial charge >= 0.3 is 24.2 Å². The predicted molar refractivity (Wildman–Crippen MR) is 292 cm³/mol. The minimum atomic E-state index is -4.86. The Balaban J connectivity index is 0.000000333. The lowest BCUT2D eigenvalue weighted by molar-refractivity contribution is -0.169. The highest BCUT2D eigenvalue weighted by molar-refractivity contribution is 6.05. The SMILES string of the molecule is C#C.CC.CC(C)(C)CC(=O)N1CC2C([C@H]1C(=O)NC(C#N)CC1(F)C(=O)Nc3ccccc31)C2(C)C.CC(C)(C)CC(=O)N1CC2C([C@H]1C(=O)NC(C#N)Cc1c[nH]c3ccccc13)C2(C)C.NC(=O)C(F)(F)F.NC(=O)C(F)(F)F. The van der Waals surface area contributed by atoms with Crippen LogP contribution in [-0.2, 0) is 45.7 Å². The van der Waals surface area contributed by atoms with Crippen molar-refractivity contribution in [2.75, 3.05) is 18.4 Å². The van der Waals surface area contributed by atoms with E-state index in [-0.39, 0.29) is 62.7 Å². The molecule has 0 bridgehead atoms. The Kier molecular flexibility index (Phi) is 21.8. The third kappa shape index (κ3) is 16.3. The highest BCUT2D eigenvalue weighted by atomic mass is 19.4. The minimum absolute atomic E-state index is 0.00407. The van der Waals surface area contributed by atoms with Gasteiger partial charge in [0.1, 0.15) is 24.2 Å². The molecule has 4 heterocycles. The average molecular weight is 1160 g/mol. The van der Waals surface area contributed by atoms with Gasteiger partial charge in [-0.15, -0.1) is 12.8 Å². The van der Waals surface area contributed by atoms with Gasteiger partial charge in [-0.2, -0.15) is 36.9 Å². The predicted octanol–water partition coefficient (Wildman–Crippen LogP) is 8.10. The van der Waals surface area contributed by atoms with E-state index in [4.69, 9.17) is 9.59 Å². The second-order valence-electron chi connectivity index (χ2n) is 24.0. The van der Waals surface area contributed by atoms with Crippen LogP contribution in [-0.4, -0.2) is 106 Å². The molecule has 9 atom stereocenters. The number of anilines is 1. The second-order valence-corrected chi connectivity index (χ2v) is 24.0. The number of fused-ring (bicyclic) bond motifs is 4. The smallest absolute Gasteiger partial charge is 0.362 e. The van der Waals surface area contributed by atoms with Crippen molar-refractivity contribution >= 4 is 57.9 Å². The summed E-state index contributed by atoms with van der Waals surface area (Å²) in [4.78, 5) is 89.9. The first-order valence-electron chi connectivity index (χ1n) is 26.4. The topological polar surface area (TPSA) is 277 Å². The number of likely N-dealkylation sites (tertiary alicyclic amines) is 2. The zero-order chi connectivity index (χ0) is 63.1. The Morgan fingerprint density at radius 1 is 0.707 bits per heavy atom. The molecule has 82 heavy (non-hydrogen) atoms. The number of piperidine rings is 2. The van der Waals surface area contributed by atoms with Crippen molar-refractivity contribution in [2.45, 2.75) is 151 Å². The van der Waals surface area contributed by atoms with Gasteiger partial charge < -0.3 is 42.2 Å². The number of nitrogens with one attached hydrogen (secondary N) is 4. The molecule has 8 N–H and O–H groups in total. The van der Waals surface area contributed by atoms with E-state index in [0.29, 0.717) is 44.0 Å². The van der Waals surface area contributed by atoms with Crippen LogP contribution in [0.1, 0.15) is 113 Å². The van der Waals surface area contributed by atoms with Crippen LogP contribution in [0.3, 0.4) is 0 Å². The molecule has 2 aromatic carbocycles. The number of terminal acetylenes is 1. The van der Waals surface area contributed by atoms with Crippen molar-refractivity contribution in [1.82, 2.24) is 25.4 Å². The van der Waals surface area contributed by atoms with Crippen LogP contribution in [0.5, 0.6) is 0 Å². The number of H-pyrrole nitrogens is 1. The van der Waals surface area contributed by atoms with E-state index in [1.54, 1.807) is 28.0 Å². The van der Waals surface area contributed by atoms with Crippen LogP contribution in [0.25, 0.3) is 10.9 Å². The van der Waals surface area contributed by atoms with Gasteiger partial charge in [-0.25, -0.2) is 4.39 Å². The maximum atomic E-state index is 15.8. The van der Waals surface area contributed by atoms with Crippen LogP contribution < -0.4 is 27.4 Å². The lowest BCUT2D eigenvalue weighted by Crippen LogP contribution is -2.53. The molecule has 448 valence electrons. The number of aromatic amines is 1. The molecule has 7 unspecified atom stereocenters. The Hall–Kier alpha value is -7.68. The Morgan fingerprint density at radius 2 is 1.10 bits per heavy atom. The summed E-state index contributed by atoms with van der Waals surface area (Å²) in [5.74, 6) is -5.36. The summed E-state index contributed by atoms with van der Waals surface area (Å²) in [6.07, 6.45) is 0.817. The number of benzene rings is 2. The van der Waals surface area contributed by atoms with Crippen molar-refractivity contribution in [1.29, 1.82) is 10.5 Å². The number of carbonyl (C=O) groups excluding carboxylic acids is 7. The number of halogens is 7. The Morgan fingerprint density at radius 3 is 1.50 bits per heavy atom. The highest BCUT2D eigenvalue weighted by Gasteiger charge is 2.70. The number of amides is 7. The molecule has 3 aliphatic heterocycles. The Labute approximate surface area is 473 Å². The van der Waals surface area contributed by atoms with Gasteiger partial charge in [-0.05, 0) is 63.0 Å². The van der Waals surface area contributed by atoms with Crippen molar-refractivity contribution in [3.8, 4) is 25.0 Å². The molecule has 8 rings (SSSR count). The number of nitrogens with zero attached hydrogens (tertiary/aromatic N) is 4. The summed E-state index contributed by atoms with van der Waals surface area (Å²) in [6, 6.07) is 15.5. The van der Waals surface area contributed by atoms with E-state index in [1.807, 2.05) is 91.9 Å². The van der Waals surface area contributed by atoms with Gasteiger partial charge in [0.15, 0.2) is 0 Å². The molecule has 4 fully saturated rings. The van der Waals surface area contributed by atoms with E-state index in [0.717, 1.165) is 16.5 Å². The normalized spacial score (nSPS) is 23.6. The molecule has 0 radical (unpaired) electrons. The standard InChI is InChI=1S/C25H31FN4O3.C25H32N4O2.2C2H2F3NO.C2H6.C2H2/c1-23(2,3)11-18(31)30-13-16-19(24(16,4)5)20(30)21(32)28-14(12-27)10-25(26)15-8-6-7-9-17(15)29-22(25)33;1-24(2,3)11-20(30)29-14-18-21(25(18,4)5)22(29)23(31)28-16(12-26)10-15-13-27-19-9-7-6-8-17(15)19;2*3-2(4,5)1(6)7;2*1-2/h6-9,14,16,19-20H,10-11,13H2,1-5H3,(H,28,32)(H,29,33);6-9,13,16,18,21-22,27H,10-11,14H2,1-5H3,(H,28,31);2*(H2,6,7);1-2H3;1-2H/t14?,16?,19?,20-,25?;16?,18?,21?,22-;;;;/m00..../s1. The number of para-hydroxylation sites is 2. The van der Waals surface area contributed by atoms with Crippen LogP contribution in [0.2, 0.25) is 0 Å². The number of alkyl halides is 7. The third-order valence-electron chi connectivity index (χ3n) is 15.0. The average Bonchev–Trinajstić information content (AvgIpc) is 1.94. The summed E-state index contributed by atoms with van der Waals surface area (Å²) in [5.41, 5.74) is 7.36. The number of nitrogens with two attached hydrogens (primary N) is 2. The summed E-state index contributed by atoms with van der Waals surface area (Å²) >= 11 is 0. The van der Waals surface area contributed by atoms with Gasteiger partial charge in [0.05, 0.1) is 12.1 Å². The molecular formula is C58H75F7N10O7. The number of hydrogen-bond acceptors (Lipinski definition) is 9. The Bertz CT molecular complexity index is 2920. The molecule has 1 aromatic heterocycles. The highest BCUT2D eigenvalue weighted by Crippen LogP contribution is 2.66. The first-order valence-corrected chi connectivity index (χ1v) is 26.4. The molecule has 7 amide bonds. The van der Waals surface area contributed by atoms with E-state index in [1.165, 1.54) is 6.07 Å². The van der Waals surface area contributed by atoms with Crippen LogP contribution in [0.4, 0.5) is 36.4 Å². The van der Waals surface area contributed by atoms with E-state index < -0.39 is 72.2 Å². The molecule has 2 saturated heterocycles. The maximum absolute atomic E-state index is 15.8. The van der Waals surface area contributed by atoms with Gasteiger partial charge in [-0.1, -0.05) is 119 Å². The number of primary amides is 2. The monoisotopic (exact) mass is 1160 g/mol. The molecule has 2 aliphatic carbocycles. The van der Waals surface area contributed by atoms with Gasteiger partial charge in [0.25, 0.3) is 5.91 Å². The third-order valence-corrected chi connectivity index (χ3v) is 15.0. The number of aromatic nitrogens is 1. The molecule has 3 aromatic rings. The summed E-state index contributed by atoms with van der Waals surface area (Å²) in [7, 11) is 0. The second kappa shape index (κ2) is 26.1. The van der Waals surface area contributed by atoms with Crippen molar-refractivity contribution in [3.63, 3.8) is 0 Å². The van der Waals surface area contributed by atoms with E-state index in [9.17, 15) is 60.8 Å². The summed E-state index contributed by atoms with van der Waals surface area (Å²) in [6.45, 7) is 25.6. The lowest BCUT2D eigenvalue weighted by Gasteiger charge is -2.33. The maximum Gasteiger partial charge on any atom is 0.470 e. The fourth-order valence-electron chi connectivity index (χ4n) is 10.9. The number of rotatable bonds is 10. The molecule has 17 nitrogen and oxygen atoms in total. The molecule has 0 spiro atoms. The summed E-state index contributed by atoms with van der Waals surface area (Å²) in [5, 5.41) is 28.6. The number of nitriles is 2. The van der Waals surface area contributed by atoms with Gasteiger partial charge in [-0.3, -0.25) is 33.6 Å². The lowest BCUT2D eigenvalue weighted by atomic mass is 9.90. The molecule has 5 aliphatic rings. The van der Waals surface area contributed by atoms with E-state index in [2.05, 4.69) is 79.0 Å². The zero-order valence-corrected chi connectivity index (χ0v) is 48.2. The van der Waals surface area contributed by atoms with Gasteiger partial charge in [0, 0.05) is 67.1 Å². The van der Waals surface area contributed by atoms with E-state index >= 15 is 4.39 Å². The van der Waals surface area contributed by atoms with Crippen molar-refractivity contribution in [2.24, 2.45) is 56.8 Å².